The number of aryl methyl sites for hydroxylation is 2. The first-order valence-electron chi connectivity index (χ1n) is 6.67. The average molecular weight is 263 g/mol. The third kappa shape index (κ3) is 2.73. The standard InChI is InChI=1S/C15H21NO3/c1-9-6-10(2)14(18)13(7-9)15(19)16-5-4-12(8-16)11(3)17/h6-7,11-12,17-18H,4-5,8H2,1-3H3. The Morgan fingerprint density at radius 3 is 2.68 bits per heavy atom. The second-order valence-corrected chi connectivity index (χ2v) is 5.52. The Morgan fingerprint density at radius 2 is 2.11 bits per heavy atom. The summed E-state index contributed by atoms with van der Waals surface area (Å²) in [6.45, 7) is 6.66. The molecule has 0 bridgehead atoms. The number of rotatable bonds is 2. The highest BCUT2D eigenvalue weighted by Crippen LogP contribution is 2.28. The summed E-state index contributed by atoms with van der Waals surface area (Å²) in [6, 6.07) is 3.58. The summed E-state index contributed by atoms with van der Waals surface area (Å²) in [5, 5.41) is 19.6. The monoisotopic (exact) mass is 263 g/mol. The van der Waals surface area contributed by atoms with Crippen LogP contribution in [0, 0.1) is 19.8 Å². The van der Waals surface area contributed by atoms with Gasteiger partial charge in [0, 0.05) is 19.0 Å². The van der Waals surface area contributed by atoms with E-state index in [1.165, 1.54) is 0 Å². The molecule has 1 fully saturated rings. The number of amides is 1. The van der Waals surface area contributed by atoms with Crippen molar-refractivity contribution in [2.45, 2.75) is 33.3 Å². The maximum absolute atomic E-state index is 12.4. The summed E-state index contributed by atoms with van der Waals surface area (Å²) < 4.78 is 0. The van der Waals surface area contributed by atoms with E-state index in [-0.39, 0.29) is 17.6 Å². The van der Waals surface area contributed by atoms with Gasteiger partial charge < -0.3 is 15.1 Å². The lowest BCUT2D eigenvalue weighted by molar-refractivity contribution is 0.0759. The number of aliphatic hydroxyl groups excluding tert-OH is 1. The Morgan fingerprint density at radius 1 is 1.42 bits per heavy atom. The second kappa shape index (κ2) is 5.21. The minimum atomic E-state index is -0.398. The van der Waals surface area contributed by atoms with Crippen LogP contribution in [0.4, 0.5) is 0 Å². The highest BCUT2D eigenvalue weighted by Gasteiger charge is 2.30. The lowest BCUT2D eigenvalue weighted by atomic mass is 10.0. The number of hydrogen-bond acceptors (Lipinski definition) is 3. The largest absolute Gasteiger partial charge is 0.507 e. The molecule has 4 heteroatoms. The Hall–Kier alpha value is -1.55. The van der Waals surface area contributed by atoms with E-state index >= 15 is 0 Å². The van der Waals surface area contributed by atoms with Crippen molar-refractivity contribution in [1.82, 2.24) is 4.90 Å². The molecule has 4 nitrogen and oxygen atoms in total. The van der Waals surface area contributed by atoms with Crippen LogP contribution in [0.5, 0.6) is 5.75 Å². The molecule has 1 aromatic carbocycles. The molecule has 2 N–H and O–H groups in total. The molecule has 0 aromatic heterocycles. The summed E-state index contributed by atoms with van der Waals surface area (Å²) >= 11 is 0. The van der Waals surface area contributed by atoms with Crippen molar-refractivity contribution >= 4 is 5.91 Å². The summed E-state index contributed by atoms with van der Waals surface area (Å²) in [6.07, 6.45) is 0.417. The molecule has 19 heavy (non-hydrogen) atoms. The number of hydrogen-bond donors (Lipinski definition) is 2. The van der Waals surface area contributed by atoms with Crippen LogP contribution in [0.15, 0.2) is 12.1 Å². The first kappa shape index (κ1) is 13.9. The first-order valence-corrected chi connectivity index (χ1v) is 6.67. The first-order chi connectivity index (χ1) is 8.90. The van der Waals surface area contributed by atoms with Crippen LogP contribution in [0.25, 0.3) is 0 Å². The van der Waals surface area contributed by atoms with E-state index in [2.05, 4.69) is 0 Å². The van der Waals surface area contributed by atoms with E-state index in [1.807, 2.05) is 13.0 Å². The van der Waals surface area contributed by atoms with Crippen LogP contribution in [-0.2, 0) is 0 Å². The molecule has 1 aromatic rings. The summed E-state index contributed by atoms with van der Waals surface area (Å²) in [4.78, 5) is 14.1. The molecule has 1 aliphatic rings. The number of benzene rings is 1. The van der Waals surface area contributed by atoms with Gasteiger partial charge >= 0.3 is 0 Å². The smallest absolute Gasteiger partial charge is 0.257 e. The molecule has 0 aliphatic carbocycles. The molecule has 2 unspecified atom stereocenters. The fourth-order valence-electron chi connectivity index (χ4n) is 2.66. The predicted octanol–water partition coefficient (Wildman–Crippen LogP) is 1.85. The van der Waals surface area contributed by atoms with Gasteiger partial charge in [0.15, 0.2) is 0 Å². The van der Waals surface area contributed by atoms with E-state index in [9.17, 15) is 15.0 Å². The van der Waals surface area contributed by atoms with Crippen molar-refractivity contribution in [2.24, 2.45) is 5.92 Å². The number of phenolic OH excluding ortho intramolecular Hbond substituents is 1. The van der Waals surface area contributed by atoms with Crippen molar-refractivity contribution in [3.05, 3.63) is 28.8 Å². The van der Waals surface area contributed by atoms with Gasteiger partial charge in [0.1, 0.15) is 5.75 Å². The predicted molar refractivity (Wildman–Crippen MR) is 73.3 cm³/mol. The third-order valence-electron chi connectivity index (χ3n) is 3.87. The Kier molecular flexibility index (Phi) is 3.80. The molecule has 0 radical (unpaired) electrons. The van der Waals surface area contributed by atoms with E-state index in [0.29, 0.717) is 18.7 Å². The molecule has 104 valence electrons. The van der Waals surface area contributed by atoms with Crippen LogP contribution < -0.4 is 0 Å². The zero-order valence-corrected chi connectivity index (χ0v) is 11.7. The van der Waals surface area contributed by atoms with Crippen molar-refractivity contribution in [1.29, 1.82) is 0 Å². The molecule has 0 saturated carbocycles. The molecule has 1 aliphatic heterocycles. The lowest BCUT2D eigenvalue weighted by Crippen LogP contribution is -2.30. The van der Waals surface area contributed by atoms with Crippen LogP contribution in [-0.4, -0.2) is 40.2 Å². The van der Waals surface area contributed by atoms with Crippen molar-refractivity contribution in [3.8, 4) is 5.75 Å². The number of aromatic hydroxyl groups is 1. The zero-order valence-electron chi connectivity index (χ0n) is 11.7. The van der Waals surface area contributed by atoms with Crippen LogP contribution in [0.2, 0.25) is 0 Å². The molecule has 0 spiro atoms. The van der Waals surface area contributed by atoms with Gasteiger partial charge in [0.25, 0.3) is 5.91 Å². The van der Waals surface area contributed by atoms with E-state index in [1.54, 1.807) is 24.8 Å². The van der Waals surface area contributed by atoms with E-state index in [0.717, 1.165) is 17.5 Å². The normalized spacial score (nSPS) is 20.6. The minimum Gasteiger partial charge on any atom is -0.507 e. The maximum atomic E-state index is 12.4. The molecular formula is C15H21NO3. The number of likely N-dealkylation sites (tertiary alicyclic amines) is 1. The van der Waals surface area contributed by atoms with E-state index < -0.39 is 6.10 Å². The van der Waals surface area contributed by atoms with Gasteiger partial charge in [-0.15, -0.1) is 0 Å². The maximum Gasteiger partial charge on any atom is 0.257 e. The summed E-state index contributed by atoms with van der Waals surface area (Å²) in [7, 11) is 0. The summed E-state index contributed by atoms with van der Waals surface area (Å²) in [5.74, 6) is 0.0561. The average Bonchev–Trinajstić information content (AvgIpc) is 2.82. The number of carbonyl (C=O) groups is 1. The van der Waals surface area contributed by atoms with Gasteiger partial charge in [0.2, 0.25) is 0 Å². The molecule has 1 saturated heterocycles. The highest BCUT2D eigenvalue weighted by molar-refractivity contribution is 5.97. The molecular weight excluding hydrogens is 242 g/mol. The Balaban J connectivity index is 2.22. The molecule has 2 atom stereocenters. The van der Waals surface area contributed by atoms with Crippen molar-refractivity contribution in [2.75, 3.05) is 13.1 Å². The van der Waals surface area contributed by atoms with Gasteiger partial charge in [-0.05, 0) is 44.4 Å². The number of nitrogens with zero attached hydrogens (tertiary/aromatic N) is 1. The topological polar surface area (TPSA) is 60.8 Å². The van der Waals surface area contributed by atoms with Crippen LogP contribution in [0.1, 0.15) is 34.8 Å². The van der Waals surface area contributed by atoms with Gasteiger partial charge in [-0.1, -0.05) is 6.07 Å². The number of aliphatic hydroxyl groups is 1. The number of phenols is 1. The van der Waals surface area contributed by atoms with Gasteiger partial charge in [-0.2, -0.15) is 0 Å². The third-order valence-corrected chi connectivity index (χ3v) is 3.87. The molecule has 2 rings (SSSR count). The fraction of sp³-hybridized carbons (Fsp3) is 0.533. The summed E-state index contributed by atoms with van der Waals surface area (Å²) in [5.41, 5.74) is 2.04. The zero-order chi connectivity index (χ0) is 14.2. The van der Waals surface area contributed by atoms with Crippen LogP contribution in [0.3, 0.4) is 0 Å². The quantitative estimate of drug-likeness (QED) is 0.856. The lowest BCUT2D eigenvalue weighted by Gasteiger charge is -2.19. The highest BCUT2D eigenvalue weighted by atomic mass is 16.3. The van der Waals surface area contributed by atoms with Gasteiger partial charge in [0.05, 0.1) is 11.7 Å². The molecule has 1 amide bonds. The van der Waals surface area contributed by atoms with Crippen molar-refractivity contribution < 1.29 is 15.0 Å². The number of carbonyl (C=O) groups excluding carboxylic acids is 1. The molecule has 1 heterocycles. The minimum absolute atomic E-state index is 0.0658. The SMILES string of the molecule is Cc1cc(C)c(O)c(C(=O)N2CCC(C(C)O)C2)c1. The van der Waals surface area contributed by atoms with E-state index in [4.69, 9.17) is 0 Å². The Bertz CT molecular complexity index is 496. The van der Waals surface area contributed by atoms with Gasteiger partial charge in [-0.25, -0.2) is 0 Å². The Labute approximate surface area is 113 Å². The van der Waals surface area contributed by atoms with Gasteiger partial charge in [-0.3, -0.25) is 4.79 Å². The second-order valence-electron chi connectivity index (χ2n) is 5.52. The fourth-order valence-corrected chi connectivity index (χ4v) is 2.66. The van der Waals surface area contributed by atoms with Crippen molar-refractivity contribution in [3.63, 3.8) is 0 Å². The van der Waals surface area contributed by atoms with Crippen LogP contribution >= 0.6 is 0 Å².